The van der Waals surface area contributed by atoms with Crippen LogP contribution in [0.25, 0.3) is 0 Å². The van der Waals surface area contributed by atoms with E-state index in [4.69, 9.17) is 22.7 Å². The lowest BCUT2D eigenvalue weighted by molar-refractivity contribution is 0.143. The highest BCUT2D eigenvalue weighted by atomic mass is 32.1. The maximum atomic E-state index is 13.5. The predicted octanol–water partition coefficient (Wildman–Crippen LogP) is 4.66. The second-order valence-electron chi connectivity index (χ2n) is 5.62. The fourth-order valence-electron chi connectivity index (χ4n) is 2.88. The van der Waals surface area contributed by atoms with Gasteiger partial charge in [-0.3, -0.25) is 0 Å². The Kier molecular flexibility index (Phi) is 4.95. The molecule has 0 amide bonds. The van der Waals surface area contributed by atoms with Gasteiger partial charge in [-0.05, 0) is 48.6 Å². The van der Waals surface area contributed by atoms with Crippen molar-refractivity contribution < 1.29 is 17.9 Å². The highest BCUT2D eigenvalue weighted by Crippen LogP contribution is 2.40. The first-order valence-electron chi connectivity index (χ1n) is 7.68. The molecule has 2 N–H and O–H groups in total. The molecule has 3 aromatic rings. The average molecular weight is 373 g/mol. The monoisotopic (exact) mass is 373 g/mol. The molecule has 6 heteroatoms. The predicted molar refractivity (Wildman–Crippen MR) is 97.0 cm³/mol. The van der Waals surface area contributed by atoms with Crippen molar-refractivity contribution in [2.75, 3.05) is 0 Å². The van der Waals surface area contributed by atoms with Crippen LogP contribution in [0.4, 0.5) is 13.2 Å². The van der Waals surface area contributed by atoms with Crippen LogP contribution >= 0.6 is 12.2 Å². The molecule has 0 aliphatic rings. The third-order valence-electron chi connectivity index (χ3n) is 4.01. The first-order valence-corrected chi connectivity index (χ1v) is 8.09. The molecule has 0 saturated heterocycles. The lowest BCUT2D eigenvalue weighted by Gasteiger charge is -2.35. The van der Waals surface area contributed by atoms with E-state index in [-0.39, 0.29) is 5.17 Å². The molecule has 0 fully saturated rings. The molecule has 0 heterocycles. The van der Waals surface area contributed by atoms with Crippen molar-refractivity contribution in [3.63, 3.8) is 0 Å². The maximum absolute atomic E-state index is 13.5. The van der Waals surface area contributed by atoms with Crippen LogP contribution in [0.5, 0.6) is 0 Å². The van der Waals surface area contributed by atoms with E-state index in [9.17, 15) is 13.2 Å². The van der Waals surface area contributed by atoms with E-state index >= 15 is 0 Å². The van der Waals surface area contributed by atoms with Gasteiger partial charge in [0.25, 0.3) is 5.17 Å². The summed E-state index contributed by atoms with van der Waals surface area (Å²) in [6.07, 6.45) is 0. The van der Waals surface area contributed by atoms with Crippen LogP contribution in [0, 0.1) is 17.5 Å². The van der Waals surface area contributed by atoms with Crippen molar-refractivity contribution >= 4 is 17.4 Å². The second kappa shape index (κ2) is 7.17. The molecule has 2 nitrogen and oxygen atoms in total. The molecule has 0 spiro atoms. The van der Waals surface area contributed by atoms with E-state index in [1.807, 2.05) is 0 Å². The molecular formula is C20H14F3NOS. The van der Waals surface area contributed by atoms with Crippen molar-refractivity contribution in [3.05, 3.63) is 107 Å². The van der Waals surface area contributed by atoms with E-state index in [0.29, 0.717) is 16.7 Å². The average Bonchev–Trinajstić information content (AvgIpc) is 2.62. The minimum Gasteiger partial charge on any atom is -0.450 e. The lowest BCUT2D eigenvalue weighted by Crippen LogP contribution is -2.37. The van der Waals surface area contributed by atoms with Crippen molar-refractivity contribution in [3.8, 4) is 0 Å². The van der Waals surface area contributed by atoms with E-state index in [1.54, 1.807) is 0 Å². The molecule has 0 unspecified atom stereocenters. The van der Waals surface area contributed by atoms with Crippen molar-refractivity contribution in [2.45, 2.75) is 5.60 Å². The van der Waals surface area contributed by atoms with Gasteiger partial charge in [0, 0.05) is 16.7 Å². The van der Waals surface area contributed by atoms with E-state index in [2.05, 4.69) is 0 Å². The number of halogens is 3. The third-order valence-corrected chi connectivity index (χ3v) is 4.09. The summed E-state index contributed by atoms with van der Waals surface area (Å²) in [5.41, 5.74) is 5.79. The first-order chi connectivity index (χ1) is 12.4. The first kappa shape index (κ1) is 17.9. The Morgan fingerprint density at radius 2 is 0.923 bits per heavy atom. The van der Waals surface area contributed by atoms with Gasteiger partial charge in [-0.1, -0.05) is 36.4 Å². The number of hydrogen-bond donors (Lipinski definition) is 1. The summed E-state index contributed by atoms with van der Waals surface area (Å²) in [6, 6.07) is 16.7. The highest BCUT2D eigenvalue weighted by Gasteiger charge is 2.39. The Morgan fingerprint density at radius 3 is 1.15 bits per heavy atom. The molecule has 0 aromatic heterocycles. The van der Waals surface area contributed by atoms with Gasteiger partial charge < -0.3 is 10.5 Å². The summed E-state index contributed by atoms with van der Waals surface area (Å²) in [4.78, 5) is 0. The molecule has 0 aliphatic carbocycles. The molecule has 0 atom stereocenters. The fourth-order valence-corrected chi connectivity index (χ4v) is 3.01. The van der Waals surface area contributed by atoms with Gasteiger partial charge in [0.05, 0.1) is 0 Å². The van der Waals surface area contributed by atoms with Crippen LogP contribution in [0.15, 0.2) is 72.8 Å². The summed E-state index contributed by atoms with van der Waals surface area (Å²) in [7, 11) is 0. The van der Waals surface area contributed by atoms with Crippen molar-refractivity contribution in [1.82, 2.24) is 0 Å². The summed E-state index contributed by atoms with van der Waals surface area (Å²) >= 11 is 4.95. The summed E-state index contributed by atoms with van der Waals surface area (Å²) in [5, 5.41) is -0.261. The number of rotatable bonds is 4. The highest BCUT2D eigenvalue weighted by molar-refractivity contribution is 7.80. The number of hydrogen-bond acceptors (Lipinski definition) is 2. The lowest BCUT2D eigenvalue weighted by atomic mass is 9.80. The van der Waals surface area contributed by atoms with Gasteiger partial charge >= 0.3 is 0 Å². The smallest absolute Gasteiger partial charge is 0.255 e. The Bertz CT molecular complexity index is 798. The van der Waals surface area contributed by atoms with E-state index in [0.717, 1.165) is 0 Å². The van der Waals surface area contributed by atoms with Gasteiger partial charge in [-0.2, -0.15) is 0 Å². The minimum absolute atomic E-state index is 0.261. The molecule has 0 radical (unpaired) electrons. The number of nitrogens with two attached hydrogens (primary N) is 1. The zero-order chi connectivity index (χ0) is 18.7. The number of thiocarbonyl (C=S) groups is 1. The van der Waals surface area contributed by atoms with Gasteiger partial charge in [0.15, 0.2) is 5.60 Å². The largest absolute Gasteiger partial charge is 0.450 e. The van der Waals surface area contributed by atoms with Gasteiger partial charge in [0.2, 0.25) is 0 Å². The van der Waals surface area contributed by atoms with Gasteiger partial charge in [-0.15, -0.1) is 0 Å². The standard InChI is InChI=1S/C20H14F3NOS/c21-16-7-1-13(2-8-16)20(25-19(24)26,14-3-9-17(22)10-4-14)15-5-11-18(23)12-6-15/h1-12H,(H2,24,26). The van der Waals surface area contributed by atoms with Crippen LogP contribution in [0.3, 0.4) is 0 Å². The van der Waals surface area contributed by atoms with Gasteiger partial charge in [0.1, 0.15) is 17.5 Å². The molecule has 0 bridgehead atoms. The molecule has 26 heavy (non-hydrogen) atoms. The van der Waals surface area contributed by atoms with E-state index in [1.165, 1.54) is 72.8 Å². The fraction of sp³-hybridized carbons (Fsp3) is 0.0500. The second-order valence-corrected chi connectivity index (χ2v) is 6.03. The molecule has 3 rings (SSSR count). The van der Waals surface area contributed by atoms with Crippen molar-refractivity contribution in [1.29, 1.82) is 0 Å². The number of ether oxygens (including phenoxy) is 1. The van der Waals surface area contributed by atoms with E-state index < -0.39 is 23.1 Å². The van der Waals surface area contributed by atoms with Crippen LogP contribution in [-0.4, -0.2) is 5.17 Å². The Morgan fingerprint density at radius 1 is 0.654 bits per heavy atom. The zero-order valence-corrected chi connectivity index (χ0v) is 14.3. The van der Waals surface area contributed by atoms with Crippen molar-refractivity contribution in [2.24, 2.45) is 5.73 Å². The van der Waals surface area contributed by atoms with Crippen LogP contribution < -0.4 is 5.73 Å². The molecule has 0 saturated carbocycles. The van der Waals surface area contributed by atoms with Crippen LogP contribution in [-0.2, 0) is 10.3 Å². The maximum Gasteiger partial charge on any atom is 0.255 e. The van der Waals surface area contributed by atoms with Crippen LogP contribution in [0.1, 0.15) is 16.7 Å². The normalized spacial score (nSPS) is 11.2. The Labute approximate surface area is 154 Å². The topological polar surface area (TPSA) is 35.2 Å². The SMILES string of the molecule is NC(=S)OC(c1ccc(F)cc1)(c1ccc(F)cc1)c1ccc(F)cc1. The zero-order valence-electron chi connectivity index (χ0n) is 13.5. The molecule has 132 valence electrons. The minimum atomic E-state index is -1.39. The molecule has 3 aromatic carbocycles. The Hall–Kier alpha value is -2.86. The Balaban J connectivity index is 2.33. The van der Waals surface area contributed by atoms with Gasteiger partial charge in [-0.25, -0.2) is 13.2 Å². The summed E-state index contributed by atoms with van der Waals surface area (Å²) in [5.74, 6) is -1.30. The van der Waals surface area contributed by atoms with Crippen LogP contribution in [0.2, 0.25) is 0 Å². The quantitative estimate of drug-likeness (QED) is 0.534. The summed E-state index contributed by atoms with van der Waals surface area (Å²) < 4.78 is 46.2. The number of benzene rings is 3. The summed E-state index contributed by atoms with van der Waals surface area (Å²) in [6.45, 7) is 0. The molecule has 0 aliphatic heterocycles. The third kappa shape index (κ3) is 3.41. The molecular weight excluding hydrogens is 359 g/mol.